The van der Waals surface area contributed by atoms with Crippen LogP contribution in [-0.2, 0) is 0 Å². The highest BCUT2D eigenvalue weighted by molar-refractivity contribution is 6.13. The Bertz CT molecular complexity index is 3020. The van der Waals surface area contributed by atoms with E-state index in [-0.39, 0.29) is 6.17 Å². The summed E-state index contributed by atoms with van der Waals surface area (Å²) in [5, 5.41) is 0. The first-order valence-electron chi connectivity index (χ1n) is 20.2. The van der Waals surface area contributed by atoms with Crippen LogP contribution in [0.5, 0.6) is 0 Å². The van der Waals surface area contributed by atoms with Crippen LogP contribution in [0.3, 0.4) is 0 Å². The van der Waals surface area contributed by atoms with Crippen LogP contribution < -0.4 is 0 Å². The van der Waals surface area contributed by atoms with Crippen LogP contribution in [-0.4, -0.2) is 43.6 Å². The van der Waals surface area contributed by atoms with E-state index in [0.717, 1.165) is 78.2 Å². The molecule has 9 aromatic rings. The molecule has 61 heavy (non-hydrogen) atoms. The number of benzene rings is 7. The summed E-state index contributed by atoms with van der Waals surface area (Å²) in [7, 11) is 2.08. The van der Waals surface area contributed by atoms with Crippen molar-refractivity contribution in [3.63, 3.8) is 0 Å². The molecule has 0 amide bonds. The molecular formula is C54H39N7. The lowest BCUT2D eigenvalue weighted by Crippen LogP contribution is -2.35. The van der Waals surface area contributed by atoms with Gasteiger partial charge in [0, 0.05) is 54.1 Å². The topological polar surface area (TPSA) is 79.5 Å². The molecule has 1 aliphatic heterocycles. The quantitative estimate of drug-likeness (QED) is 0.146. The maximum absolute atomic E-state index is 5.32. The van der Waals surface area contributed by atoms with Gasteiger partial charge < -0.3 is 4.90 Å². The number of amidine groups is 2. The van der Waals surface area contributed by atoms with E-state index in [1.807, 2.05) is 18.2 Å². The minimum atomic E-state index is -0.267. The number of aromatic nitrogens is 4. The highest BCUT2D eigenvalue weighted by Crippen LogP contribution is 2.33. The largest absolute Gasteiger partial charge is 0.333 e. The molecule has 1 aliphatic rings. The fraction of sp³-hybridized carbons (Fsp3) is 0.0370. The zero-order valence-corrected chi connectivity index (χ0v) is 33.4. The van der Waals surface area contributed by atoms with E-state index in [1.165, 1.54) is 0 Å². The third kappa shape index (κ3) is 7.88. The van der Waals surface area contributed by atoms with Crippen molar-refractivity contribution < 1.29 is 0 Å². The monoisotopic (exact) mass is 785 g/mol. The summed E-state index contributed by atoms with van der Waals surface area (Å²) in [5.74, 6) is 2.98. The third-order valence-electron chi connectivity index (χ3n) is 11.0. The van der Waals surface area contributed by atoms with Crippen molar-refractivity contribution in [3.8, 4) is 67.3 Å². The van der Waals surface area contributed by atoms with E-state index >= 15 is 0 Å². The average Bonchev–Trinajstić information content (AvgIpc) is 3.35. The number of hydrogen-bond acceptors (Lipinski definition) is 7. The molecule has 0 aliphatic carbocycles. The first-order valence-corrected chi connectivity index (χ1v) is 20.2. The Morgan fingerprint density at radius 3 is 1.20 bits per heavy atom. The Balaban J connectivity index is 0.968. The van der Waals surface area contributed by atoms with E-state index in [0.29, 0.717) is 17.5 Å². The van der Waals surface area contributed by atoms with Gasteiger partial charge in [0.05, 0.1) is 0 Å². The van der Waals surface area contributed by atoms with Crippen LogP contribution in [0, 0.1) is 0 Å². The molecule has 0 radical (unpaired) electrons. The van der Waals surface area contributed by atoms with E-state index in [2.05, 4.69) is 202 Å². The summed E-state index contributed by atoms with van der Waals surface area (Å²) in [6.07, 6.45) is 6.80. The lowest BCUT2D eigenvalue weighted by atomic mass is 9.96. The summed E-state index contributed by atoms with van der Waals surface area (Å²) in [4.78, 5) is 30.4. The van der Waals surface area contributed by atoms with Gasteiger partial charge in [-0.15, -0.1) is 0 Å². The summed E-state index contributed by atoms with van der Waals surface area (Å²) in [6.45, 7) is 0. The van der Waals surface area contributed by atoms with Crippen LogP contribution in [0.15, 0.2) is 223 Å². The summed E-state index contributed by atoms with van der Waals surface area (Å²) in [5.41, 5.74) is 14.0. The molecule has 290 valence electrons. The maximum Gasteiger partial charge on any atom is 0.159 e. The molecule has 0 spiro atoms. The Hall–Kier alpha value is -8.16. The second kappa shape index (κ2) is 16.6. The van der Waals surface area contributed by atoms with Crippen LogP contribution in [0.25, 0.3) is 67.3 Å². The molecule has 0 saturated carbocycles. The molecule has 0 bridgehead atoms. The molecule has 0 saturated heterocycles. The van der Waals surface area contributed by atoms with Crippen molar-refractivity contribution >= 4 is 11.7 Å². The molecule has 1 atom stereocenters. The van der Waals surface area contributed by atoms with Gasteiger partial charge >= 0.3 is 0 Å². The average molecular weight is 786 g/mol. The molecule has 7 nitrogen and oxygen atoms in total. The van der Waals surface area contributed by atoms with Crippen LogP contribution in [0.1, 0.15) is 22.9 Å². The molecule has 0 fully saturated rings. The maximum atomic E-state index is 5.32. The van der Waals surface area contributed by atoms with E-state index in [4.69, 9.17) is 9.98 Å². The number of rotatable bonds is 9. The van der Waals surface area contributed by atoms with E-state index in [1.54, 1.807) is 24.8 Å². The number of aliphatic imine (C=N–C) groups is 2. The lowest BCUT2D eigenvalue weighted by Gasteiger charge is -2.32. The molecule has 2 aromatic heterocycles. The van der Waals surface area contributed by atoms with Crippen molar-refractivity contribution in [2.45, 2.75) is 6.17 Å². The van der Waals surface area contributed by atoms with Gasteiger partial charge in [0.1, 0.15) is 12.0 Å². The molecule has 0 N–H and O–H groups in total. The number of hydrogen-bond donors (Lipinski definition) is 0. The summed E-state index contributed by atoms with van der Waals surface area (Å²) >= 11 is 0. The molecule has 7 aromatic carbocycles. The van der Waals surface area contributed by atoms with Crippen molar-refractivity contribution in [2.24, 2.45) is 9.98 Å². The molecule has 3 heterocycles. The second-order valence-corrected chi connectivity index (χ2v) is 14.9. The fourth-order valence-corrected chi connectivity index (χ4v) is 7.81. The predicted octanol–water partition coefficient (Wildman–Crippen LogP) is 12.1. The minimum absolute atomic E-state index is 0.267. The standard InChI is InChI=1S/C54H39N7/c1-61-53(41-11-3-2-4-12-41)59-52(48-19-7-17-46(35-48)44-15-5-13-42(33-44)37-21-25-39(26-22-37)50-55-29-9-30-56-50)60-54(61)49-20-8-18-47(36-49)45-16-6-14-43(34-45)38-23-27-40(28-24-38)51-57-31-10-32-58-51/h2-36,53H,1H3. The van der Waals surface area contributed by atoms with Crippen molar-refractivity contribution in [3.05, 3.63) is 230 Å². The van der Waals surface area contributed by atoms with Gasteiger partial charge in [0.2, 0.25) is 0 Å². The Kier molecular flexibility index (Phi) is 10.1. The normalized spacial score (nSPS) is 13.7. The van der Waals surface area contributed by atoms with Gasteiger partial charge in [-0.25, -0.2) is 29.9 Å². The highest BCUT2D eigenvalue weighted by Gasteiger charge is 2.27. The Morgan fingerprint density at radius 1 is 0.344 bits per heavy atom. The summed E-state index contributed by atoms with van der Waals surface area (Å²) < 4.78 is 0. The van der Waals surface area contributed by atoms with Gasteiger partial charge in [-0.1, -0.05) is 152 Å². The van der Waals surface area contributed by atoms with Gasteiger partial charge in [0.15, 0.2) is 17.5 Å². The Labute approximate surface area is 355 Å². The van der Waals surface area contributed by atoms with Crippen LogP contribution in [0.4, 0.5) is 0 Å². The van der Waals surface area contributed by atoms with Gasteiger partial charge in [0.25, 0.3) is 0 Å². The number of nitrogens with zero attached hydrogens (tertiary/aromatic N) is 7. The molecule has 1 unspecified atom stereocenters. The van der Waals surface area contributed by atoms with Gasteiger partial charge in [-0.05, 0) is 86.5 Å². The highest BCUT2D eigenvalue weighted by atomic mass is 15.3. The first kappa shape index (κ1) is 37.1. The second-order valence-electron chi connectivity index (χ2n) is 14.9. The smallest absolute Gasteiger partial charge is 0.159 e. The van der Waals surface area contributed by atoms with E-state index < -0.39 is 0 Å². The van der Waals surface area contributed by atoms with Crippen molar-refractivity contribution in [1.82, 2.24) is 24.8 Å². The molecule has 10 rings (SSSR count). The van der Waals surface area contributed by atoms with Crippen LogP contribution in [0.2, 0.25) is 0 Å². The summed E-state index contributed by atoms with van der Waals surface area (Å²) in [6, 6.07) is 65.4. The van der Waals surface area contributed by atoms with Crippen molar-refractivity contribution in [2.75, 3.05) is 7.05 Å². The van der Waals surface area contributed by atoms with E-state index in [9.17, 15) is 0 Å². The zero-order valence-electron chi connectivity index (χ0n) is 33.4. The van der Waals surface area contributed by atoms with Crippen LogP contribution >= 0.6 is 0 Å². The first-order chi connectivity index (χ1) is 30.1. The van der Waals surface area contributed by atoms with Gasteiger partial charge in [-0.3, -0.25) is 0 Å². The zero-order chi connectivity index (χ0) is 41.0. The molecular weight excluding hydrogens is 747 g/mol. The fourth-order valence-electron chi connectivity index (χ4n) is 7.81. The Morgan fingerprint density at radius 2 is 0.721 bits per heavy atom. The SMILES string of the molecule is CN1C(c2cccc(-c3cccc(-c4ccc(-c5ncccn5)cc4)c3)c2)=NC(c2cccc(-c3cccc(-c4ccc(-c5ncccn5)cc4)c3)c2)=NC1c1ccccc1. The van der Waals surface area contributed by atoms with Gasteiger partial charge in [-0.2, -0.15) is 0 Å². The lowest BCUT2D eigenvalue weighted by molar-refractivity contribution is 0.383. The third-order valence-corrected chi connectivity index (χ3v) is 11.0. The predicted molar refractivity (Wildman–Crippen MR) is 247 cm³/mol. The van der Waals surface area contributed by atoms with Crippen molar-refractivity contribution in [1.29, 1.82) is 0 Å². The molecule has 7 heteroatoms. The minimum Gasteiger partial charge on any atom is -0.333 e.